The molecule has 2 aromatic carbocycles. The molecule has 2 aromatic heterocycles. The van der Waals surface area contributed by atoms with Gasteiger partial charge in [0.2, 0.25) is 5.88 Å². The second kappa shape index (κ2) is 6.96. The number of aromatic nitrogens is 3. The number of nitrogens with zero attached hydrogens (tertiary/aromatic N) is 3. The normalized spacial score (nSPS) is 15.2. The number of piperidine rings is 1. The summed E-state index contributed by atoms with van der Waals surface area (Å²) in [6.45, 7) is 1.33. The Labute approximate surface area is 162 Å². The molecule has 0 saturated carbocycles. The molecule has 1 fully saturated rings. The van der Waals surface area contributed by atoms with Gasteiger partial charge >= 0.3 is 0 Å². The van der Waals surface area contributed by atoms with Crippen LogP contribution >= 0.6 is 0 Å². The maximum absolute atomic E-state index is 12.8. The van der Waals surface area contributed by atoms with E-state index in [0.717, 1.165) is 34.5 Å². The molecule has 140 valence electrons. The van der Waals surface area contributed by atoms with E-state index in [1.165, 1.54) is 0 Å². The number of ether oxygens (including phenoxy) is 1. The molecule has 0 unspecified atom stereocenters. The fraction of sp³-hybridized carbons (Fsp3) is 0.227. The van der Waals surface area contributed by atoms with E-state index in [1.807, 2.05) is 59.5 Å². The first kappa shape index (κ1) is 16.7. The molecule has 28 heavy (non-hydrogen) atoms. The van der Waals surface area contributed by atoms with E-state index in [2.05, 4.69) is 15.2 Å². The number of aromatic amines is 1. The first-order chi connectivity index (χ1) is 13.8. The van der Waals surface area contributed by atoms with Crippen LogP contribution < -0.4 is 4.74 Å². The number of fused-ring (bicyclic) bond motifs is 2. The van der Waals surface area contributed by atoms with Crippen molar-refractivity contribution in [3.8, 4) is 5.88 Å². The summed E-state index contributed by atoms with van der Waals surface area (Å²) in [7, 11) is 0. The van der Waals surface area contributed by atoms with Crippen molar-refractivity contribution in [1.29, 1.82) is 0 Å². The maximum Gasteiger partial charge on any atom is 0.270 e. The predicted octanol–water partition coefficient (Wildman–Crippen LogP) is 3.79. The Morgan fingerprint density at radius 2 is 1.79 bits per heavy atom. The molecule has 1 N–H and O–H groups in total. The van der Waals surface area contributed by atoms with Crippen molar-refractivity contribution in [2.75, 3.05) is 13.1 Å². The van der Waals surface area contributed by atoms with E-state index < -0.39 is 0 Å². The monoisotopic (exact) mass is 372 g/mol. The molecule has 3 heterocycles. The van der Waals surface area contributed by atoms with Gasteiger partial charge in [0.1, 0.15) is 11.8 Å². The number of benzene rings is 2. The van der Waals surface area contributed by atoms with E-state index in [9.17, 15) is 4.79 Å². The zero-order valence-electron chi connectivity index (χ0n) is 15.3. The highest BCUT2D eigenvalue weighted by atomic mass is 16.5. The van der Waals surface area contributed by atoms with Crippen molar-refractivity contribution < 1.29 is 9.53 Å². The lowest BCUT2D eigenvalue weighted by atomic mass is 10.1. The van der Waals surface area contributed by atoms with Gasteiger partial charge in [-0.25, -0.2) is 0 Å². The molecule has 1 saturated heterocycles. The summed E-state index contributed by atoms with van der Waals surface area (Å²) in [6, 6.07) is 17.8. The summed E-state index contributed by atoms with van der Waals surface area (Å²) < 4.78 is 6.13. The van der Waals surface area contributed by atoms with Gasteiger partial charge in [-0.1, -0.05) is 36.4 Å². The summed E-state index contributed by atoms with van der Waals surface area (Å²) in [5.74, 6) is 0.609. The molecular formula is C22H20N4O2. The number of para-hydroxylation sites is 1. The zero-order valence-corrected chi connectivity index (χ0v) is 15.3. The van der Waals surface area contributed by atoms with Crippen molar-refractivity contribution >= 4 is 27.6 Å². The number of nitrogens with one attached hydrogen (secondary N) is 1. The molecule has 6 nitrogen and oxygen atoms in total. The maximum atomic E-state index is 12.8. The molecule has 1 aliphatic heterocycles. The Hall–Kier alpha value is -3.41. The molecule has 0 radical (unpaired) electrons. The van der Waals surface area contributed by atoms with Crippen LogP contribution in [0, 0.1) is 0 Å². The van der Waals surface area contributed by atoms with Crippen LogP contribution in [0.2, 0.25) is 0 Å². The van der Waals surface area contributed by atoms with Gasteiger partial charge in [-0.3, -0.25) is 4.79 Å². The van der Waals surface area contributed by atoms with E-state index in [0.29, 0.717) is 24.7 Å². The highest BCUT2D eigenvalue weighted by molar-refractivity contribution is 5.98. The minimum absolute atomic E-state index is 0.0341. The summed E-state index contributed by atoms with van der Waals surface area (Å²) in [5, 5.41) is 11.2. The van der Waals surface area contributed by atoms with Gasteiger partial charge in [0.05, 0.1) is 6.20 Å². The average Bonchev–Trinajstić information content (AvgIpc) is 3.18. The van der Waals surface area contributed by atoms with Crippen LogP contribution in [0.4, 0.5) is 0 Å². The highest BCUT2D eigenvalue weighted by Crippen LogP contribution is 2.25. The Kier molecular flexibility index (Phi) is 4.16. The Balaban J connectivity index is 1.26. The van der Waals surface area contributed by atoms with Crippen LogP contribution in [0.3, 0.4) is 0 Å². The first-order valence-electron chi connectivity index (χ1n) is 9.52. The number of hydrogen-bond acceptors (Lipinski definition) is 4. The van der Waals surface area contributed by atoms with Gasteiger partial charge < -0.3 is 14.6 Å². The third kappa shape index (κ3) is 3.07. The smallest absolute Gasteiger partial charge is 0.270 e. The van der Waals surface area contributed by atoms with Crippen LogP contribution in [-0.2, 0) is 0 Å². The van der Waals surface area contributed by atoms with Crippen molar-refractivity contribution in [3.05, 3.63) is 66.5 Å². The molecule has 0 atom stereocenters. The second-order valence-electron chi connectivity index (χ2n) is 7.12. The van der Waals surface area contributed by atoms with Crippen molar-refractivity contribution in [3.63, 3.8) is 0 Å². The fourth-order valence-corrected chi connectivity index (χ4v) is 3.78. The molecule has 0 aliphatic carbocycles. The van der Waals surface area contributed by atoms with Crippen molar-refractivity contribution in [2.45, 2.75) is 18.9 Å². The van der Waals surface area contributed by atoms with E-state index in [4.69, 9.17) is 4.74 Å². The summed E-state index contributed by atoms with van der Waals surface area (Å²) in [4.78, 5) is 18.0. The van der Waals surface area contributed by atoms with Crippen LogP contribution in [0.15, 0.2) is 60.8 Å². The lowest BCUT2D eigenvalue weighted by Gasteiger charge is -2.31. The van der Waals surface area contributed by atoms with Crippen LogP contribution in [0.25, 0.3) is 21.7 Å². The summed E-state index contributed by atoms with van der Waals surface area (Å²) in [5.41, 5.74) is 1.62. The van der Waals surface area contributed by atoms with Crippen LogP contribution in [0.5, 0.6) is 5.88 Å². The Morgan fingerprint density at radius 3 is 2.61 bits per heavy atom. The molecule has 1 aliphatic rings. The molecule has 6 heteroatoms. The van der Waals surface area contributed by atoms with E-state index in [-0.39, 0.29) is 12.0 Å². The standard InChI is InChI=1S/C22H20N4O2/c27-22(20-13-15-5-2-4-8-19(15)24-20)26-11-9-17(10-12-26)28-21-18-7-3-1-6-16(18)14-23-25-21/h1-8,13-14,17,24H,9-12H2. The van der Waals surface area contributed by atoms with Gasteiger partial charge in [0.15, 0.2) is 0 Å². The molecule has 4 aromatic rings. The van der Waals surface area contributed by atoms with Gasteiger partial charge in [0.25, 0.3) is 5.91 Å². The topological polar surface area (TPSA) is 71.1 Å². The van der Waals surface area contributed by atoms with Gasteiger partial charge in [-0.2, -0.15) is 5.10 Å². The Bertz CT molecular complexity index is 1110. The number of carbonyl (C=O) groups is 1. The SMILES string of the molecule is O=C(c1cc2ccccc2[nH]1)N1CCC(Oc2nncc3ccccc23)CC1. The lowest BCUT2D eigenvalue weighted by molar-refractivity contribution is 0.0584. The second-order valence-corrected chi connectivity index (χ2v) is 7.12. The molecule has 0 bridgehead atoms. The van der Waals surface area contributed by atoms with Crippen molar-refractivity contribution in [2.24, 2.45) is 0 Å². The van der Waals surface area contributed by atoms with Gasteiger partial charge in [-0.05, 0) is 18.2 Å². The van der Waals surface area contributed by atoms with E-state index >= 15 is 0 Å². The molecule has 0 spiro atoms. The molecular weight excluding hydrogens is 352 g/mol. The van der Waals surface area contributed by atoms with E-state index in [1.54, 1.807) is 6.20 Å². The number of carbonyl (C=O) groups excluding carboxylic acids is 1. The fourth-order valence-electron chi connectivity index (χ4n) is 3.78. The lowest BCUT2D eigenvalue weighted by Crippen LogP contribution is -2.42. The van der Waals surface area contributed by atoms with Gasteiger partial charge in [0, 0.05) is 47.6 Å². The molecule has 1 amide bonds. The summed E-state index contributed by atoms with van der Waals surface area (Å²) >= 11 is 0. The molecule has 5 rings (SSSR count). The summed E-state index contributed by atoms with van der Waals surface area (Å²) in [6.07, 6.45) is 3.32. The quantitative estimate of drug-likeness (QED) is 0.594. The van der Waals surface area contributed by atoms with Gasteiger partial charge in [-0.15, -0.1) is 5.10 Å². The minimum atomic E-state index is 0.0341. The number of H-pyrrole nitrogens is 1. The highest BCUT2D eigenvalue weighted by Gasteiger charge is 2.26. The third-order valence-corrected chi connectivity index (χ3v) is 5.30. The number of hydrogen-bond donors (Lipinski definition) is 1. The van der Waals surface area contributed by atoms with Crippen LogP contribution in [-0.4, -0.2) is 45.2 Å². The number of likely N-dealkylation sites (tertiary alicyclic amines) is 1. The Morgan fingerprint density at radius 1 is 1.04 bits per heavy atom. The average molecular weight is 372 g/mol. The predicted molar refractivity (Wildman–Crippen MR) is 107 cm³/mol. The number of rotatable bonds is 3. The third-order valence-electron chi connectivity index (χ3n) is 5.30. The van der Waals surface area contributed by atoms with Crippen LogP contribution in [0.1, 0.15) is 23.3 Å². The minimum Gasteiger partial charge on any atom is -0.473 e. The number of amides is 1. The zero-order chi connectivity index (χ0) is 18.9. The largest absolute Gasteiger partial charge is 0.473 e. The van der Waals surface area contributed by atoms with Crippen molar-refractivity contribution in [1.82, 2.24) is 20.1 Å². The first-order valence-corrected chi connectivity index (χ1v) is 9.52.